The maximum Gasteiger partial charge on any atom is 0.285 e. The monoisotopic (exact) mass is 160 g/mol. The van der Waals surface area contributed by atoms with Crippen LogP contribution in [0.5, 0.6) is 5.88 Å². The summed E-state index contributed by atoms with van der Waals surface area (Å²) in [4.78, 5) is 6.97. The summed E-state index contributed by atoms with van der Waals surface area (Å²) in [5, 5.41) is 0. The van der Waals surface area contributed by atoms with Crippen LogP contribution in [0.1, 0.15) is 12.1 Å². The molecule has 11 heavy (non-hydrogen) atoms. The molecule has 0 aliphatic heterocycles. The van der Waals surface area contributed by atoms with Crippen LogP contribution in [0.4, 0.5) is 8.78 Å². The molecule has 0 amide bonds. The molecule has 0 N–H and O–H groups in total. The Hall–Kier alpha value is -1.26. The molecule has 0 atom stereocenters. The Bertz CT molecular complexity index is 242. The first kappa shape index (κ1) is 7.84. The predicted octanol–water partition coefficient (Wildman–Crippen LogP) is 1.42. The van der Waals surface area contributed by atoms with Gasteiger partial charge < -0.3 is 4.74 Å². The maximum atomic E-state index is 12.0. The third-order valence-electron chi connectivity index (χ3n) is 1.09. The number of ether oxygens (including phenoxy) is 1. The lowest BCUT2D eigenvalue weighted by Crippen LogP contribution is -1.97. The van der Waals surface area contributed by atoms with Gasteiger partial charge in [0.15, 0.2) is 5.69 Å². The zero-order chi connectivity index (χ0) is 8.27. The average molecular weight is 160 g/mol. The molecule has 1 rings (SSSR count). The zero-order valence-corrected chi connectivity index (χ0v) is 5.79. The predicted molar refractivity (Wildman–Crippen MR) is 33.5 cm³/mol. The zero-order valence-electron chi connectivity index (χ0n) is 5.79. The number of nitrogens with zero attached hydrogens (tertiary/aromatic N) is 2. The fourth-order valence-corrected chi connectivity index (χ4v) is 0.643. The van der Waals surface area contributed by atoms with Crippen molar-refractivity contribution in [3.05, 3.63) is 18.1 Å². The van der Waals surface area contributed by atoms with E-state index in [0.717, 1.165) is 0 Å². The van der Waals surface area contributed by atoms with Gasteiger partial charge in [0.05, 0.1) is 7.11 Å². The molecule has 1 aromatic heterocycles. The smallest absolute Gasteiger partial charge is 0.285 e. The van der Waals surface area contributed by atoms with Crippen LogP contribution in [0.25, 0.3) is 0 Å². The molecule has 0 spiro atoms. The largest absolute Gasteiger partial charge is 0.480 e. The lowest BCUT2D eigenvalue weighted by molar-refractivity contribution is 0.140. The molecule has 0 aromatic carbocycles. The van der Waals surface area contributed by atoms with Crippen molar-refractivity contribution in [2.75, 3.05) is 7.11 Å². The molecule has 60 valence electrons. The second-order valence-electron chi connectivity index (χ2n) is 1.75. The quantitative estimate of drug-likeness (QED) is 0.656. The van der Waals surface area contributed by atoms with Crippen LogP contribution >= 0.6 is 0 Å². The third kappa shape index (κ3) is 1.60. The van der Waals surface area contributed by atoms with Gasteiger partial charge in [-0.05, 0) is 0 Å². The third-order valence-corrected chi connectivity index (χ3v) is 1.09. The molecule has 0 aliphatic rings. The van der Waals surface area contributed by atoms with Gasteiger partial charge in [-0.15, -0.1) is 0 Å². The van der Waals surface area contributed by atoms with Gasteiger partial charge in [-0.1, -0.05) is 0 Å². The average Bonchev–Trinajstić information content (AvgIpc) is 2.04. The van der Waals surface area contributed by atoms with Crippen molar-refractivity contribution in [2.45, 2.75) is 6.43 Å². The number of hydrogen-bond donors (Lipinski definition) is 0. The molecule has 3 nitrogen and oxygen atoms in total. The summed E-state index contributed by atoms with van der Waals surface area (Å²) >= 11 is 0. The number of methoxy groups -OCH3 is 1. The highest BCUT2D eigenvalue weighted by atomic mass is 19.3. The number of alkyl halides is 2. The first-order valence-electron chi connectivity index (χ1n) is 2.88. The summed E-state index contributed by atoms with van der Waals surface area (Å²) < 4.78 is 28.6. The van der Waals surface area contributed by atoms with E-state index in [0.29, 0.717) is 0 Å². The molecule has 0 unspecified atom stereocenters. The van der Waals surface area contributed by atoms with Gasteiger partial charge in [0.2, 0.25) is 5.88 Å². The number of rotatable bonds is 2. The molecule has 0 fully saturated rings. The summed E-state index contributed by atoms with van der Waals surface area (Å²) in [5.41, 5.74) is -0.421. The van der Waals surface area contributed by atoms with Gasteiger partial charge in [-0.25, -0.2) is 18.7 Å². The van der Waals surface area contributed by atoms with Crippen molar-refractivity contribution in [2.24, 2.45) is 0 Å². The summed E-state index contributed by atoms with van der Waals surface area (Å²) in [6, 6.07) is 0. The van der Waals surface area contributed by atoms with E-state index in [-0.39, 0.29) is 5.88 Å². The maximum absolute atomic E-state index is 12.0. The van der Waals surface area contributed by atoms with Crippen LogP contribution in [0.2, 0.25) is 0 Å². The number of hydrogen-bond acceptors (Lipinski definition) is 3. The minimum atomic E-state index is -2.64. The fourth-order valence-electron chi connectivity index (χ4n) is 0.643. The lowest BCUT2D eigenvalue weighted by atomic mass is 10.4. The van der Waals surface area contributed by atoms with Crippen molar-refractivity contribution in [3.63, 3.8) is 0 Å². The van der Waals surface area contributed by atoms with E-state index >= 15 is 0 Å². The Morgan fingerprint density at radius 2 is 2.00 bits per heavy atom. The SMILES string of the molecule is COc1nccnc1C(F)F. The standard InChI is InChI=1S/C6H6F2N2O/c1-11-6-4(5(7)8)9-2-3-10-6/h2-3,5H,1H3. The Balaban J connectivity index is 3.02. The normalized spacial score (nSPS) is 10.2. The number of aromatic nitrogens is 2. The van der Waals surface area contributed by atoms with E-state index < -0.39 is 12.1 Å². The molecule has 0 bridgehead atoms. The molecular formula is C6H6F2N2O. The van der Waals surface area contributed by atoms with E-state index in [2.05, 4.69) is 14.7 Å². The molecule has 0 saturated heterocycles. The van der Waals surface area contributed by atoms with Crippen LogP contribution in [0.15, 0.2) is 12.4 Å². The highest BCUT2D eigenvalue weighted by Crippen LogP contribution is 2.23. The number of halogens is 2. The van der Waals surface area contributed by atoms with Gasteiger partial charge in [-0.3, -0.25) is 0 Å². The highest BCUT2D eigenvalue weighted by molar-refractivity contribution is 5.17. The topological polar surface area (TPSA) is 35.0 Å². The van der Waals surface area contributed by atoms with Crippen molar-refractivity contribution in [1.82, 2.24) is 9.97 Å². The summed E-state index contributed by atoms with van der Waals surface area (Å²) in [6.45, 7) is 0. The van der Waals surface area contributed by atoms with Crippen molar-refractivity contribution >= 4 is 0 Å². The fraction of sp³-hybridized carbons (Fsp3) is 0.333. The van der Waals surface area contributed by atoms with Crippen molar-refractivity contribution in [1.29, 1.82) is 0 Å². The highest BCUT2D eigenvalue weighted by Gasteiger charge is 2.15. The van der Waals surface area contributed by atoms with Gasteiger partial charge in [0.25, 0.3) is 6.43 Å². The van der Waals surface area contributed by atoms with Crippen LogP contribution < -0.4 is 4.74 Å². The molecule has 5 heteroatoms. The van der Waals surface area contributed by atoms with Crippen LogP contribution in [0, 0.1) is 0 Å². The van der Waals surface area contributed by atoms with E-state index in [1.54, 1.807) is 0 Å². The molecule has 0 saturated carbocycles. The van der Waals surface area contributed by atoms with Gasteiger partial charge in [-0.2, -0.15) is 0 Å². The van der Waals surface area contributed by atoms with E-state index in [1.807, 2.05) is 0 Å². The molecular weight excluding hydrogens is 154 g/mol. The second-order valence-corrected chi connectivity index (χ2v) is 1.75. The molecule has 1 heterocycles. The molecule has 0 radical (unpaired) electrons. The first-order valence-corrected chi connectivity index (χ1v) is 2.88. The Labute approximate surface area is 62.0 Å². The minimum absolute atomic E-state index is 0.123. The Kier molecular flexibility index (Phi) is 2.30. The van der Waals surface area contributed by atoms with Gasteiger partial charge in [0, 0.05) is 12.4 Å². The van der Waals surface area contributed by atoms with Gasteiger partial charge >= 0.3 is 0 Å². The van der Waals surface area contributed by atoms with Crippen molar-refractivity contribution < 1.29 is 13.5 Å². The lowest BCUT2D eigenvalue weighted by Gasteiger charge is -2.02. The van der Waals surface area contributed by atoms with E-state index in [4.69, 9.17) is 0 Å². The molecule has 1 aromatic rings. The Morgan fingerprint density at radius 3 is 2.45 bits per heavy atom. The first-order chi connectivity index (χ1) is 5.25. The summed E-state index contributed by atoms with van der Waals surface area (Å²) in [7, 11) is 1.27. The minimum Gasteiger partial charge on any atom is -0.480 e. The van der Waals surface area contributed by atoms with E-state index in [1.165, 1.54) is 19.5 Å². The van der Waals surface area contributed by atoms with Gasteiger partial charge in [0.1, 0.15) is 0 Å². The summed E-state index contributed by atoms with van der Waals surface area (Å²) in [6.07, 6.45) is -0.145. The van der Waals surface area contributed by atoms with Crippen LogP contribution in [-0.2, 0) is 0 Å². The Morgan fingerprint density at radius 1 is 1.36 bits per heavy atom. The van der Waals surface area contributed by atoms with E-state index in [9.17, 15) is 8.78 Å². The van der Waals surface area contributed by atoms with Crippen LogP contribution in [-0.4, -0.2) is 17.1 Å². The van der Waals surface area contributed by atoms with Crippen molar-refractivity contribution in [3.8, 4) is 5.88 Å². The summed E-state index contributed by atoms with van der Waals surface area (Å²) in [5.74, 6) is -0.123. The van der Waals surface area contributed by atoms with Crippen LogP contribution in [0.3, 0.4) is 0 Å². The second kappa shape index (κ2) is 3.23. The molecule has 0 aliphatic carbocycles.